The predicted octanol–water partition coefficient (Wildman–Crippen LogP) is 5.20. The molecule has 1 atom stereocenters. The van der Waals surface area contributed by atoms with Gasteiger partial charge in [0, 0.05) is 10.4 Å². The van der Waals surface area contributed by atoms with Gasteiger partial charge in [-0.2, -0.15) is 0 Å². The Labute approximate surface area is 110 Å². The van der Waals surface area contributed by atoms with Crippen LogP contribution in [0.3, 0.4) is 0 Å². The molecule has 2 aromatic heterocycles. The molecular weight excluding hydrogens is 340 g/mol. The van der Waals surface area contributed by atoms with Crippen molar-refractivity contribution in [3.8, 4) is 0 Å². The van der Waals surface area contributed by atoms with Crippen molar-refractivity contribution >= 4 is 43.2 Å². The van der Waals surface area contributed by atoms with Crippen molar-refractivity contribution in [1.82, 2.24) is 0 Å². The Morgan fingerprint density at radius 1 is 1.40 bits per heavy atom. The second-order valence-electron chi connectivity index (χ2n) is 3.40. The highest BCUT2D eigenvalue weighted by Crippen LogP contribution is 2.40. The van der Waals surface area contributed by atoms with Crippen LogP contribution in [0, 0.1) is 13.8 Å². The summed E-state index contributed by atoms with van der Waals surface area (Å²) in [6.45, 7) is 4.09. The second kappa shape index (κ2) is 4.44. The second-order valence-corrected chi connectivity index (χ2v) is 6.72. The lowest BCUT2D eigenvalue weighted by Gasteiger charge is -2.05. The van der Waals surface area contributed by atoms with Gasteiger partial charge in [0.1, 0.15) is 5.76 Å². The van der Waals surface area contributed by atoms with Gasteiger partial charge < -0.3 is 4.42 Å². The zero-order chi connectivity index (χ0) is 11.0. The molecule has 2 heterocycles. The summed E-state index contributed by atoms with van der Waals surface area (Å²) >= 11 is 9.00. The number of hydrogen-bond acceptors (Lipinski definition) is 2. The summed E-state index contributed by atoms with van der Waals surface area (Å²) < 4.78 is 6.50. The quantitative estimate of drug-likeness (QED) is 0.678. The van der Waals surface area contributed by atoms with E-state index in [1.165, 1.54) is 19.8 Å². The van der Waals surface area contributed by atoms with Crippen molar-refractivity contribution < 1.29 is 4.42 Å². The average molecular weight is 350 g/mol. The first-order valence-corrected chi connectivity index (χ1v) is 7.06. The first-order valence-electron chi connectivity index (χ1n) is 4.53. The van der Waals surface area contributed by atoms with E-state index >= 15 is 0 Å². The van der Waals surface area contributed by atoms with Gasteiger partial charge >= 0.3 is 0 Å². The molecule has 0 aromatic carbocycles. The lowest BCUT2D eigenvalue weighted by atomic mass is 10.1. The van der Waals surface area contributed by atoms with Crippen LogP contribution in [0.1, 0.15) is 26.6 Å². The largest absolute Gasteiger partial charge is 0.469 e. The van der Waals surface area contributed by atoms with Gasteiger partial charge in [0.25, 0.3) is 0 Å². The van der Waals surface area contributed by atoms with Gasteiger partial charge in [-0.25, -0.2) is 0 Å². The third kappa shape index (κ3) is 2.22. The van der Waals surface area contributed by atoms with Gasteiger partial charge in [0.15, 0.2) is 0 Å². The third-order valence-corrected chi connectivity index (χ3v) is 5.79. The molecular formula is C11H10Br2OS. The van der Waals surface area contributed by atoms with Crippen molar-refractivity contribution in [1.29, 1.82) is 0 Å². The van der Waals surface area contributed by atoms with Gasteiger partial charge in [-0.15, -0.1) is 11.3 Å². The van der Waals surface area contributed by atoms with E-state index in [1.54, 1.807) is 17.6 Å². The van der Waals surface area contributed by atoms with Crippen molar-refractivity contribution in [2.45, 2.75) is 18.7 Å². The van der Waals surface area contributed by atoms with E-state index in [2.05, 4.69) is 44.8 Å². The maximum atomic E-state index is 5.31. The van der Waals surface area contributed by atoms with Crippen LogP contribution in [0.25, 0.3) is 0 Å². The predicted molar refractivity (Wildman–Crippen MR) is 71.0 cm³/mol. The smallest absolute Gasteiger partial charge is 0.105 e. The van der Waals surface area contributed by atoms with E-state index in [0.29, 0.717) is 0 Å². The van der Waals surface area contributed by atoms with Crippen molar-refractivity contribution in [3.63, 3.8) is 0 Å². The zero-order valence-corrected chi connectivity index (χ0v) is 12.4. The molecule has 0 saturated carbocycles. The highest BCUT2D eigenvalue weighted by Gasteiger charge is 2.17. The van der Waals surface area contributed by atoms with Crippen LogP contribution in [0.5, 0.6) is 0 Å². The van der Waals surface area contributed by atoms with Gasteiger partial charge in [-0.1, -0.05) is 15.9 Å². The molecule has 0 aliphatic heterocycles. The molecule has 2 rings (SSSR count). The van der Waals surface area contributed by atoms with Crippen molar-refractivity contribution in [2.24, 2.45) is 0 Å². The Kier molecular flexibility index (Phi) is 3.38. The lowest BCUT2D eigenvalue weighted by molar-refractivity contribution is 0.530. The molecule has 1 unspecified atom stereocenters. The molecule has 0 saturated heterocycles. The number of rotatable bonds is 2. The molecule has 0 amide bonds. The minimum atomic E-state index is 0.228. The summed E-state index contributed by atoms with van der Waals surface area (Å²) in [4.78, 5) is 1.52. The van der Waals surface area contributed by atoms with Crippen LogP contribution in [-0.2, 0) is 0 Å². The molecule has 0 aliphatic rings. The summed E-state index contributed by atoms with van der Waals surface area (Å²) in [5.74, 6) is 0.971. The van der Waals surface area contributed by atoms with E-state index in [1.807, 2.05) is 13.0 Å². The summed E-state index contributed by atoms with van der Waals surface area (Å²) in [5.41, 5.74) is 2.48. The molecule has 0 spiro atoms. The van der Waals surface area contributed by atoms with E-state index in [0.717, 1.165) is 5.76 Å². The van der Waals surface area contributed by atoms with E-state index in [4.69, 9.17) is 4.42 Å². The average Bonchev–Trinajstić information content (AvgIpc) is 2.74. The van der Waals surface area contributed by atoms with Crippen LogP contribution < -0.4 is 0 Å². The fourth-order valence-corrected chi connectivity index (χ4v) is 3.88. The normalized spacial score (nSPS) is 13.1. The van der Waals surface area contributed by atoms with Gasteiger partial charge in [-0.3, -0.25) is 0 Å². The number of aryl methyl sites for hydroxylation is 2. The maximum absolute atomic E-state index is 5.31. The lowest BCUT2D eigenvalue weighted by Crippen LogP contribution is -1.88. The molecule has 0 fully saturated rings. The minimum absolute atomic E-state index is 0.228. The Morgan fingerprint density at radius 3 is 2.60 bits per heavy atom. The van der Waals surface area contributed by atoms with E-state index in [9.17, 15) is 0 Å². The molecule has 0 bridgehead atoms. The van der Waals surface area contributed by atoms with Crippen molar-refractivity contribution in [3.05, 3.63) is 43.9 Å². The minimum Gasteiger partial charge on any atom is -0.469 e. The van der Waals surface area contributed by atoms with Crippen molar-refractivity contribution in [2.75, 3.05) is 0 Å². The monoisotopic (exact) mass is 348 g/mol. The number of thiophene rings is 1. The molecule has 0 aliphatic carbocycles. The molecule has 15 heavy (non-hydrogen) atoms. The fraction of sp³-hybridized carbons (Fsp3) is 0.273. The Bertz CT molecular complexity index is 453. The van der Waals surface area contributed by atoms with Gasteiger partial charge in [-0.05, 0) is 47.5 Å². The summed E-state index contributed by atoms with van der Waals surface area (Å²) in [6, 6.07) is 4.21. The van der Waals surface area contributed by atoms with Crippen LogP contribution in [0.4, 0.5) is 0 Å². The number of alkyl halides is 1. The third-order valence-electron chi connectivity index (χ3n) is 2.30. The fourth-order valence-electron chi connectivity index (χ4n) is 1.42. The first kappa shape index (κ1) is 11.4. The Morgan fingerprint density at radius 2 is 2.13 bits per heavy atom. The SMILES string of the molecule is Cc1cc(C(Br)c2ccoc2C)sc1Br. The van der Waals surface area contributed by atoms with Crippen LogP contribution >= 0.6 is 43.2 Å². The standard InChI is InChI=1S/C11H10Br2OS/c1-6-5-9(15-11(6)13)10(12)8-3-4-14-7(8)2/h3-5,10H,1-2H3. The molecule has 4 heteroatoms. The molecule has 0 N–H and O–H groups in total. The van der Waals surface area contributed by atoms with Crippen LogP contribution in [0.2, 0.25) is 0 Å². The molecule has 80 valence electrons. The number of furan rings is 1. The van der Waals surface area contributed by atoms with Crippen LogP contribution in [0.15, 0.2) is 26.6 Å². The highest BCUT2D eigenvalue weighted by molar-refractivity contribution is 9.11. The maximum Gasteiger partial charge on any atom is 0.105 e. The number of hydrogen-bond donors (Lipinski definition) is 0. The van der Waals surface area contributed by atoms with Gasteiger partial charge in [0.2, 0.25) is 0 Å². The molecule has 0 radical (unpaired) electrons. The Hall–Kier alpha value is -0.0600. The number of halogens is 2. The zero-order valence-electron chi connectivity index (χ0n) is 8.38. The summed E-state index contributed by atoms with van der Waals surface area (Å²) in [6.07, 6.45) is 1.73. The van der Waals surface area contributed by atoms with E-state index < -0.39 is 0 Å². The summed E-state index contributed by atoms with van der Waals surface area (Å²) in [5, 5.41) is 0. The summed E-state index contributed by atoms with van der Waals surface area (Å²) in [7, 11) is 0. The molecule has 2 aromatic rings. The van der Waals surface area contributed by atoms with Gasteiger partial charge in [0.05, 0.1) is 14.9 Å². The highest BCUT2D eigenvalue weighted by atomic mass is 79.9. The molecule has 1 nitrogen and oxygen atoms in total. The topological polar surface area (TPSA) is 13.1 Å². The van der Waals surface area contributed by atoms with Crippen LogP contribution in [-0.4, -0.2) is 0 Å². The van der Waals surface area contributed by atoms with E-state index in [-0.39, 0.29) is 4.83 Å². The Balaban J connectivity index is 2.36. The first-order chi connectivity index (χ1) is 7.09.